The van der Waals surface area contributed by atoms with Crippen LogP contribution in [-0.4, -0.2) is 33.8 Å². The lowest BCUT2D eigenvalue weighted by Gasteiger charge is -2.10. The molecule has 0 saturated heterocycles. The second-order valence-corrected chi connectivity index (χ2v) is 7.40. The van der Waals surface area contributed by atoms with Crippen molar-refractivity contribution in [1.29, 1.82) is 0 Å². The van der Waals surface area contributed by atoms with Gasteiger partial charge >= 0.3 is 0 Å². The number of hydrogen-bond acceptors (Lipinski definition) is 5. The first kappa shape index (κ1) is 20.3. The van der Waals surface area contributed by atoms with Gasteiger partial charge in [0.05, 0.1) is 0 Å². The Balaban J connectivity index is 1.29. The van der Waals surface area contributed by atoms with Gasteiger partial charge in [-0.25, -0.2) is 4.98 Å². The molecule has 1 saturated carbocycles. The number of ether oxygens (including phenoxy) is 1. The Morgan fingerprint density at radius 2 is 1.84 bits per heavy atom. The number of nitrogens with one attached hydrogen (secondary N) is 2. The van der Waals surface area contributed by atoms with Gasteiger partial charge in [-0.2, -0.15) is 0 Å². The van der Waals surface area contributed by atoms with Gasteiger partial charge in [-0.3, -0.25) is 14.4 Å². The predicted molar refractivity (Wildman–Crippen MR) is 115 cm³/mol. The fourth-order valence-electron chi connectivity index (χ4n) is 3.02. The summed E-state index contributed by atoms with van der Waals surface area (Å²) in [7, 11) is 1.76. The number of imidazole rings is 1. The fourth-order valence-corrected chi connectivity index (χ4v) is 3.02. The first-order valence-electron chi connectivity index (χ1n) is 9.95. The summed E-state index contributed by atoms with van der Waals surface area (Å²) in [4.78, 5) is 40.6. The SMILES string of the molecule is Cn1ccnc1C(=O)c1ccc(NC(=O)COc2cccc(NC(=O)C3CC3)c2)cc1. The van der Waals surface area contributed by atoms with Crippen LogP contribution in [0.15, 0.2) is 60.9 Å². The molecule has 1 aliphatic carbocycles. The first-order chi connectivity index (χ1) is 15.0. The van der Waals surface area contributed by atoms with Crippen LogP contribution >= 0.6 is 0 Å². The van der Waals surface area contributed by atoms with E-state index in [2.05, 4.69) is 15.6 Å². The summed E-state index contributed by atoms with van der Waals surface area (Å²) in [6, 6.07) is 13.5. The Kier molecular flexibility index (Phi) is 5.79. The lowest BCUT2D eigenvalue weighted by Crippen LogP contribution is -2.20. The number of carbonyl (C=O) groups excluding carboxylic acids is 3. The molecule has 1 aromatic heterocycles. The van der Waals surface area contributed by atoms with Crippen LogP contribution in [0.2, 0.25) is 0 Å². The van der Waals surface area contributed by atoms with Gasteiger partial charge in [-0.05, 0) is 49.2 Å². The van der Waals surface area contributed by atoms with E-state index in [1.165, 1.54) is 0 Å². The van der Waals surface area contributed by atoms with E-state index in [0.29, 0.717) is 28.5 Å². The molecule has 2 N–H and O–H groups in total. The summed E-state index contributed by atoms with van der Waals surface area (Å²) in [5, 5.41) is 5.58. The number of aromatic nitrogens is 2. The molecule has 4 rings (SSSR count). The van der Waals surface area contributed by atoms with Crippen molar-refractivity contribution in [2.75, 3.05) is 17.2 Å². The van der Waals surface area contributed by atoms with Crippen molar-refractivity contribution in [3.63, 3.8) is 0 Å². The summed E-state index contributed by atoms with van der Waals surface area (Å²) in [5.74, 6) is 0.430. The third-order valence-electron chi connectivity index (χ3n) is 4.87. The van der Waals surface area contributed by atoms with Crippen molar-refractivity contribution in [3.8, 4) is 5.75 Å². The second kappa shape index (κ2) is 8.83. The number of amides is 2. The van der Waals surface area contributed by atoms with Crippen molar-refractivity contribution in [1.82, 2.24) is 9.55 Å². The third-order valence-corrected chi connectivity index (χ3v) is 4.87. The Morgan fingerprint density at radius 1 is 1.06 bits per heavy atom. The van der Waals surface area contributed by atoms with E-state index < -0.39 is 0 Å². The maximum absolute atomic E-state index is 12.4. The first-order valence-corrected chi connectivity index (χ1v) is 9.95. The summed E-state index contributed by atoms with van der Waals surface area (Å²) in [5.41, 5.74) is 1.67. The molecule has 0 bridgehead atoms. The number of nitrogens with zero attached hydrogens (tertiary/aromatic N) is 2. The maximum Gasteiger partial charge on any atom is 0.262 e. The quantitative estimate of drug-likeness (QED) is 0.548. The summed E-state index contributed by atoms with van der Waals surface area (Å²) in [6.45, 7) is -0.187. The van der Waals surface area contributed by atoms with Crippen LogP contribution in [0.5, 0.6) is 5.75 Å². The molecule has 2 aromatic carbocycles. The van der Waals surface area contributed by atoms with E-state index in [1.54, 1.807) is 72.5 Å². The summed E-state index contributed by atoms with van der Waals surface area (Å²) < 4.78 is 7.19. The van der Waals surface area contributed by atoms with Crippen molar-refractivity contribution in [3.05, 3.63) is 72.3 Å². The Labute approximate surface area is 179 Å². The van der Waals surface area contributed by atoms with Crippen molar-refractivity contribution in [2.45, 2.75) is 12.8 Å². The average Bonchev–Trinajstić information content (AvgIpc) is 3.54. The Bertz CT molecular complexity index is 1120. The number of benzene rings is 2. The smallest absolute Gasteiger partial charge is 0.262 e. The molecule has 0 radical (unpaired) electrons. The summed E-state index contributed by atoms with van der Waals surface area (Å²) >= 11 is 0. The van der Waals surface area contributed by atoms with Crippen molar-refractivity contribution >= 4 is 29.0 Å². The lowest BCUT2D eigenvalue weighted by atomic mass is 10.1. The summed E-state index contributed by atoms with van der Waals surface area (Å²) in [6.07, 6.45) is 5.14. The maximum atomic E-state index is 12.4. The molecule has 0 spiro atoms. The number of aryl methyl sites for hydroxylation is 1. The van der Waals surface area contributed by atoms with Crippen molar-refractivity contribution < 1.29 is 19.1 Å². The van der Waals surface area contributed by atoms with Gasteiger partial charge in [0, 0.05) is 48.4 Å². The predicted octanol–water partition coefficient (Wildman–Crippen LogP) is 3.02. The molecule has 3 aromatic rings. The molecule has 0 aliphatic heterocycles. The van der Waals surface area contributed by atoms with Crippen molar-refractivity contribution in [2.24, 2.45) is 13.0 Å². The third kappa shape index (κ3) is 5.16. The van der Waals surface area contributed by atoms with Crippen LogP contribution in [0, 0.1) is 5.92 Å². The van der Waals surface area contributed by atoms with Gasteiger partial charge in [0.1, 0.15) is 5.75 Å². The monoisotopic (exact) mass is 418 g/mol. The average molecular weight is 418 g/mol. The zero-order valence-electron chi connectivity index (χ0n) is 17.0. The van der Waals surface area contributed by atoms with Gasteiger partial charge in [-0.15, -0.1) is 0 Å². The number of anilines is 2. The van der Waals surface area contributed by atoms with Gasteiger partial charge < -0.3 is 19.9 Å². The Morgan fingerprint density at radius 3 is 2.52 bits per heavy atom. The second-order valence-electron chi connectivity index (χ2n) is 7.40. The highest BCUT2D eigenvalue weighted by molar-refractivity contribution is 6.07. The standard InChI is InChI=1S/C23H22N4O4/c1-27-12-11-24-22(27)21(29)15-7-9-17(10-8-15)25-20(28)14-31-19-4-2-3-18(13-19)26-23(30)16-5-6-16/h2-4,7-13,16H,5-6,14H2,1H3,(H,25,28)(H,26,30). The van der Waals surface area contributed by atoms with E-state index in [0.717, 1.165) is 12.8 Å². The van der Waals surface area contributed by atoms with Crippen LogP contribution < -0.4 is 15.4 Å². The Hall–Kier alpha value is -3.94. The molecule has 8 nitrogen and oxygen atoms in total. The van der Waals surface area contributed by atoms with Crippen LogP contribution in [0.25, 0.3) is 0 Å². The minimum Gasteiger partial charge on any atom is -0.484 e. The molecular formula is C23H22N4O4. The minimum atomic E-state index is -0.337. The topological polar surface area (TPSA) is 102 Å². The largest absolute Gasteiger partial charge is 0.484 e. The highest BCUT2D eigenvalue weighted by Crippen LogP contribution is 2.30. The van der Waals surface area contributed by atoms with Crippen LogP contribution in [0.3, 0.4) is 0 Å². The molecule has 1 fully saturated rings. The van der Waals surface area contributed by atoms with E-state index in [1.807, 2.05) is 0 Å². The molecule has 1 aliphatic rings. The number of carbonyl (C=O) groups is 3. The molecule has 31 heavy (non-hydrogen) atoms. The van der Waals surface area contributed by atoms with E-state index in [9.17, 15) is 14.4 Å². The molecule has 0 atom stereocenters. The highest BCUT2D eigenvalue weighted by atomic mass is 16.5. The van der Waals surface area contributed by atoms with Gasteiger partial charge in [-0.1, -0.05) is 6.07 Å². The lowest BCUT2D eigenvalue weighted by molar-refractivity contribution is -0.118. The molecule has 158 valence electrons. The van der Waals surface area contributed by atoms with E-state index in [-0.39, 0.29) is 30.1 Å². The molecule has 0 unspecified atom stereocenters. The van der Waals surface area contributed by atoms with E-state index >= 15 is 0 Å². The highest BCUT2D eigenvalue weighted by Gasteiger charge is 2.29. The minimum absolute atomic E-state index is 0.0136. The number of rotatable bonds is 8. The fraction of sp³-hybridized carbons (Fsp3) is 0.217. The van der Waals surface area contributed by atoms with Gasteiger partial charge in [0.25, 0.3) is 5.91 Å². The van der Waals surface area contributed by atoms with Crippen LogP contribution in [0.1, 0.15) is 29.0 Å². The van der Waals surface area contributed by atoms with Gasteiger partial charge in [0.15, 0.2) is 12.4 Å². The molecular weight excluding hydrogens is 396 g/mol. The molecule has 2 amide bonds. The van der Waals surface area contributed by atoms with Gasteiger partial charge in [0.2, 0.25) is 11.7 Å². The normalized spacial score (nSPS) is 12.8. The zero-order chi connectivity index (χ0) is 21.8. The molecule has 1 heterocycles. The van der Waals surface area contributed by atoms with E-state index in [4.69, 9.17) is 4.74 Å². The number of hydrogen-bond donors (Lipinski definition) is 2. The molecule has 8 heteroatoms. The zero-order valence-corrected chi connectivity index (χ0v) is 17.0. The van der Waals surface area contributed by atoms with Crippen LogP contribution in [-0.2, 0) is 16.6 Å². The van der Waals surface area contributed by atoms with Crippen LogP contribution in [0.4, 0.5) is 11.4 Å². The number of ketones is 1.